The van der Waals surface area contributed by atoms with Crippen LogP contribution in [0.25, 0.3) is 0 Å². The van der Waals surface area contributed by atoms with Crippen LogP contribution in [0.2, 0.25) is 0 Å². The van der Waals surface area contributed by atoms with E-state index >= 15 is 0 Å². The number of amides is 3. The van der Waals surface area contributed by atoms with E-state index in [0.717, 1.165) is 6.42 Å². The molecule has 0 bridgehead atoms. The molecule has 1 aromatic rings. The summed E-state index contributed by atoms with van der Waals surface area (Å²) in [5.74, 6) is -0.300. The van der Waals surface area contributed by atoms with Crippen molar-refractivity contribution in [2.24, 2.45) is 5.92 Å². The molecule has 2 unspecified atom stereocenters. The fourth-order valence-corrected chi connectivity index (χ4v) is 3.15. The topological polar surface area (TPSA) is 49.4 Å². The lowest BCUT2D eigenvalue weighted by Gasteiger charge is -2.34. The van der Waals surface area contributed by atoms with Gasteiger partial charge in [0.2, 0.25) is 5.91 Å². The Morgan fingerprint density at radius 3 is 2.83 bits per heavy atom. The van der Waals surface area contributed by atoms with Crippen LogP contribution in [0.1, 0.15) is 23.6 Å². The monoisotopic (exact) mass is 266 g/mol. The van der Waals surface area contributed by atoms with E-state index in [1.165, 1.54) is 9.75 Å². The Kier molecular flexibility index (Phi) is 3.71. The van der Waals surface area contributed by atoms with E-state index in [4.69, 9.17) is 0 Å². The van der Waals surface area contributed by atoms with Crippen molar-refractivity contribution in [3.05, 3.63) is 21.9 Å². The summed E-state index contributed by atoms with van der Waals surface area (Å²) in [7, 11) is 0. The van der Waals surface area contributed by atoms with Gasteiger partial charge in [-0.2, -0.15) is 0 Å². The normalized spacial score (nSPS) is 21.9. The summed E-state index contributed by atoms with van der Waals surface area (Å²) in [6.07, 6.45) is 0.840. The quantitative estimate of drug-likeness (QED) is 0.911. The first-order valence-corrected chi connectivity index (χ1v) is 6.96. The van der Waals surface area contributed by atoms with Crippen molar-refractivity contribution < 1.29 is 9.59 Å². The summed E-state index contributed by atoms with van der Waals surface area (Å²) in [4.78, 5) is 27.5. The molecule has 2 heterocycles. The third kappa shape index (κ3) is 2.72. The van der Waals surface area contributed by atoms with E-state index in [9.17, 15) is 9.59 Å². The molecule has 1 aliphatic heterocycles. The first-order valence-electron chi connectivity index (χ1n) is 6.14. The first kappa shape index (κ1) is 13.1. The van der Waals surface area contributed by atoms with Crippen LogP contribution in [-0.2, 0) is 11.2 Å². The first-order chi connectivity index (χ1) is 8.47. The number of nitrogens with one attached hydrogen (secondary N) is 1. The maximum Gasteiger partial charge on any atom is 0.324 e. The van der Waals surface area contributed by atoms with Crippen LogP contribution in [0.3, 0.4) is 0 Å². The number of urea groups is 1. The standard InChI is InChI=1S/C13H18N2O2S/c1-8-7-15(13(17)14-12(8)16)9(2)6-11-5-4-10(3)18-11/h4-5,8-9H,6-7H2,1-3H3,(H,14,16,17). The molecule has 0 radical (unpaired) electrons. The Balaban J connectivity index is 2.02. The molecule has 4 nitrogen and oxygen atoms in total. The maximum atomic E-state index is 11.8. The van der Waals surface area contributed by atoms with Crippen LogP contribution >= 0.6 is 11.3 Å². The zero-order chi connectivity index (χ0) is 13.3. The molecule has 2 atom stereocenters. The number of imide groups is 1. The van der Waals surface area contributed by atoms with E-state index in [1.807, 2.05) is 13.8 Å². The van der Waals surface area contributed by atoms with Crippen molar-refractivity contribution in [3.63, 3.8) is 0 Å². The second-order valence-corrected chi connectivity index (χ2v) is 6.29. The molecule has 98 valence electrons. The molecule has 18 heavy (non-hydrogen) atoms. The summed E-state index contributed by atoms with van der Waals surface area (Å²) in [6, 6.07) is 4.04. The molecule has 0 saturated carbocycles. The summed E-state index contributed by atoms with van der Waals surface area (Å²) >= 11 is 1.76. The molecule has 0 aliphatic carbocycles. The summed E-state index contributed by atoms with van der Waals surface area (Å²) in [6.45, 7) is 6.46. The SMILES string of the molecule is Cc1ccc(CC(C)N2CC(C)C(=O)NC2=O)s1. The number of nitrogens with zero attached hydrogens (tertiary/aromatic N) is 1. The molecular formula is C13H18N2O2S. The van der Waals surface area contributed by atoms with Gasteiger partial charge in [0.1, 0.15) is 0 Å². The Morgan fingerprint density at radius 2 is 2.22 bits per heavy atom. The third-order valence-corrected chi connectivity index (χ3v) is 4.26. The number of hydrogen-bond acceptors (Lipinski definition) is 3. The molecule has 0 spiro atoms. The molecule has 3 amide bonds. The zero-order valence-electron chi connectivity index (χ0n) is 10.9. The molecule has 1 N–H and O–H groups in total. The predicted octanol–water partition coefficient (Wildman–Crippen LogP) is 2.18. The van der Waals surface area contributed by atoms with Gasteiger partial charge in [0, 0.05) is 28.8 Å². The largest absolute Gasteiger partial charge is 0.324 e. The lowest BCUT2D eigenvalue weighted by atomic mass is 10.1. The van der Waals surface area contributed by atoms with Crippen LogP contribution in [0.5, 0.6) is 0 Å². The highest BCUT2D eigenvalue weighted by atomic mass is 32.1. The van der Waals surface area contributed by atoms with E-state index in [1.54, 1.807) is 16.2 Å². The van der Waals surface area contributed by atoms with E-state index in [2.05, 4.69) is 24.4 Å². The number of hydrogen-bond donors (Lipinski definition) is 1. The van der Waals surface area contributed by atoms with Crippen molar-refractivity contribution in [1.82, 2.24) is 10.2 Å². The number of carbonyl (C=O) groups excluding carboxylic acids is 2. The molecule has 1 aromatic heterocycles. The smallest absolute Gasteiger partial charge is 0.321 e. The summed E-state index contributed by atoms with van der Waals surface area (Å²) in [5, 5.41) is 2.40. The Morgan fingerprint density at radius 1 is 1.50 bits per heavy atom. The van der Waals surface area contributed by atoms with Crippen molar-refractivity contribution in [2.45, 2.75) is 33.2 Å². The highest BCUT2D eigenvalue weighted by Gasteiger charge is 2.31. The van der Waals surface area contributed by atoms with Gasteiger partial charge in [-0.05, 0) is 26.0 Å². The number of rotatable bonds is 3. The zero-order valence-corrected chi connectivity index (χ0v) is 11.7. The Labute approximate surface area is 111 Å². The van der Waals surface area contributed by atoms with Gasteiger partial charge >= 0.3 is 6.03 Å². The maximum absolute atomic E-state index is 11.8. The second-order valence-electron chi connectivity index (χ2n) is 4.91. The van der Waals surface area contributed by atoms with Crippen LogP contribution in [0, 0.1) is 12.8 Å². The van der Waals surface area contributed by atoms with Crippen molar-refractivity contribution in [2.75, 3.05) is 6.54 Å². The highest BCUT2D eigenvalue weighted by Crippen LogP contribution is 2.20. The number of carbonyl (C=O) groups is 2. The van der Waals surface area contributed by atoms with Gasteiger partial charge in [0.25, 0.3) is 0 Å². The number of thiophene rings is 1. The van der Waals surface area contributed by atoms with Gasteiger partial charge < -0.3 is 4.90 Å². The lowest BCUT2D eigenvalue weighted by Crippen LogP contribution is -2.56. The summed E-state index contributed by atoms with van der Waals surface area (Å²) < 4.78 is 0. The van der Waals surface area contributed by atoms with Gasteiger partial charge in [0.15, 0.2) is 0 Å². The van der Waals surface area contributed by atoms with Gasteiger partial charge in [-0.1, -0.05) is 6.92 Å². The van der Waals surface area contributed by atoms with E-state index in [0.29, 0.717) is 6.54 Å². The van der Waals surface area contributed by atoms with Gasteiger partial charge in [-0.15, -0.1) is 11.3 Å². The Bertz CT molecular complexity index is 469. The van der Waals surface area contributed by atoms with Crippen LogP contribution in [0.4, 0.5) is 4.79 Å². The third-order valence-electron chi connectivity index (χ3n) is 3.23. The minimum Gasteiger partial charge on any atom is -0.321 e. The van der Waals surface area contributed by atoms with E-state index < -0.39 is 0 Å². The average Bonchev–Trinajstić information content (AvgIpc) is 2.69. The highest BCUT2D eigenvalue weighted by molar-refractivity contribution is 7.11. The van der Waals surface area contributed by atoms with E-state index in [-0.39, 0.29) is 23.9 Å². The fourth-order valence-electron chi connectivity index (χ4n) is 2.14. The number of aryl methyl sites for hydroxylation is 1. The van der Waals surface area contributed by atoms with Crippen LogP contribution in [-0.4, -0.2) is 29.4 Å². The predicted molar refractivity (Wildman–Crippen MR) is 71.6 cm³/mol. The fraction of sp³-hybridized carbons (Fsp3) is 0.538. The van der Waals surface area contributed by atoms with Crippen molar-refractivity contribution in [3.8, 4) is 0 Å². The minimum absolute atomic E-state index is 0.110. The van der Waals surface area contributed by atoms with Gasteiger partial charge in [0.05, 0.1) is 5.92 Å². The van der Waals surface area contributed by atoms with Gasteiger partial charge in [-0.3, -0.25) is 10.1 Å². The molecule has 1 aliphatic rings. The van der Waals surface area contributed by atoms with Crippen molar-refractivity contribution >= 4 is 23.3 Å². The van der Waals surface area contributed by atoms with Gasteiger partial charge in [-0.25, -0.2) is 4.79 Å². The second kappa shape index (κ2) is 5.10. The van der Waals surface area contributed by atoms with Crippen LogP contribution < -0.4 is 5.32 Å². The average molecular weight is 266 g/mol. The van der Waals surface area contributed by atoms with Crippen LogP contribution in [0.15, 0.2) is 12.1 Å². The molecule has 5 heteroatoms. The van der Waals surface area contributed by atoms with Crippen molar-refractivity contribution in [1.29, 1.82) is 0 Å². The molecule has 0 aromatic carbocycles. The molecular weight excluding hydrogens is 248 g/mol. The molecule has 1 fully saturated rings. The lowest BCUT2D eigenvalue weighted by molar-refractivity contribution is -0.125. The molecule has 1 saturated heterocycles. The Hall–Kier alpha value is -1.36. The minimum atomic E-state index is -0.265. The summed E-state index contributed by atoms with van der Waals surface area (Å²) in [5.41, 5.74) is 0. The molecule has 2 rings (SSSR count).